The molecular weight excluding hydrogens is 342 g/mol. The quantitative estimate of drug-likeness (QED) is 0.776. The summed E-state index contributed by atoms with van der Waals surface area (Å²) in [6, 6.07) is 2.45. The summed E-state index contributed by atoms with van der Waals surface area (Å²) >= 11 is 0. The van der Waals surface area contributed by atoms with Crippen molar-refractivity contribution in [1.29, 1.82) is 0 Å². The summed E-state index contributed by atoms with van der Waals surface area (Å²) in [5.74, 6) is -0.376. The fraction of sp³-hybridized carbons (Fsp3) is 0.529. The zero-order chi connectivity index (χ0) is 18.2. The Balaban J connectivity index is 1.88. The highest BCUT2D eigenvalue weighted by Crippen LogP contribution is 2.27. The van der Waals surface area contributed by atoms with Crippen molar-refractivity contribution in [3.8, 4) is 0 Å². The lowest BCUT2D eigenvalue weighted by Crippen LogP contribution is -2.60. The number of carbonyl (C=O) groups is 1. The number of allylic oxidation sites excluding steroid dienone is 1. The molecule has 3 heterocycles. The monoisotopic (exact) mass is 365 g/mol. The molecule has 1 amide bonds. The molecule has 0 aliphatic carbocycles. The van der Waals surface area contributed by atoms with Crippen molar-refractivity contribution in [2.75, 3.05) is 31.1 Å². The summed E-state index contributed by atoms with van der Waals surface area (Å²) in [7, 11) is -3.20. The number of hydrogen-bond donors (Lipinski definition) is 1. The number of fused-ring (bicyclic) bond motifs is 1. The molecule has 0 bridgehead atoms. The van der Waals surface area contributed by atoms with Crippen molar-refractivity contribution in [2.45, 2.75) is 25.9 Å². The average Bonchev–Trinajstić information content (AvgIpc) is 2.87. The van der Waals surface area contributed by atoms with Crippen LogP contribution in [0.2, 0.25) is 0 Å². The van der Waals surface area contributed by atoms with Crippen LogP contribution in [0.25, 0.3) is 0 Å². The number of H-pyrrole nitrogens is 1. The van der Waals surface area contributed by atoms with Crippen LogP contribution < -0.4 is 5.56 Å². The number of pyridine rings is 1. The van der Waals surface area contributed by atoms with Crippen LogP contribution in [-0.2, 0) is 9.84 Å². The van der Waals surface area contributed by atoms with E-state index >= 15 is 0 Å². The highest BCUT2D eigenvalue weighted by atomic mass is 32.2. The number of aromatic nitrogens is 1. The molecule has 8 heteroatoms. The highest BCUT2D eigenvalue weighted by Gasteiger charge is 2.48. The van der Waals surface area contributed by atoms with Gasteiger partial charge in [0.15, 0.2) is 9.84 Å². The summed E-state index contributed by atoms with van der Waals surface area (Å²) in [4.78, 5) is 30.9. The molecule has 0 saturated carbocycles. The molecule has 2 fully saturated rings. The van der Waals surface area contributed by atoms with Gasteiger partial charge in [0.1, 0.15) is 5.56 Å². The molecule has 0 aromatic carbocycles. The van der Waals surface area contributed by atoms with Gasteiger partial charge in [0.05, 0.1) is 17.5 Å². The van der Waals surface area contributed by atoms with E-state index in [1.807, 2.05) is 13.8 Å². The number of carbonyl (C=O) groups excluding carboxylic acids is 1. The summed E-state index contributed by atoms with van der Waals surface area (Å²) in [5, 5.41) is 0. The van der Waals surface area contributed by atoms with Gasteiger partial charge in [0.2, 0.25) is 0 Å². The Morgan fingerprint density at radius 1 is 1.28 bits per heavy atom. The molecule has 3 rings (SSSR count). The Bertz CT molecular complexity index is 855. The first-order valence-electron chi connectivity index (χ1n) is 8.35. The predicted octanol–water partition coefficient (Wildman–Crippen LogP) is 0.265. The molecule has 1 aromatic rings. The second kappa shape index (κ2) is 6.76. The molecule has 7 nitrogen and oxygen atoms in total. The Labute approximate surface area is 147 Å². The number of rotatable bonds is 3. The summed E-state index contributed by atoms with van der Waals surface area (Å²) in [5.41, 5.74) is 0.784. The van der Waals surface area contributed by atoms with Gasteiger partial charge in [-0.3, -0.25) is 14.5 Å². The van der Waals surface area contributed by atoms with Crippen LogP contribution in [0.1, 0.15) is 24.2 Å². The lowest BCUT2D eigenvalue weighted by atomic mass is 10.0. The SMILES string of the molecule is CC(C)=CCN1CCN(C(=O)c2ccc[nH]c2=O)[C@H]2CS(=O)(=O)C[C@H]21. The van der Waals surface area contributed by atoms with E-state index in [0.29, 0.717) is 19.6 Å². The Morgan fingerprint density at radius 2 is 2.00 bits per heavy atom. The number of hydrogen-bond acceptors (Lipinski definition) is 5. The molecule has 0 radical (unpaired) electrons. The van der Waals surface area contributed by atoms with Crippen molar-refractivity contribution in [1.82, 2.24) is 14.8 Å². The molecule has 1 N–H and O–H groups in total. The van der Waals surface area contributed by atoms with Gasteiger partial charge in [0, 0.05) is 31.9 Å². The van der Waals surface area contributed by atoms with Gasteiger partial charge >= 0.3 is 0 Å². The average molecular weight is 365 g/mol. The third-order valence-electron chi connectivity index (χ3n) is 4.83. The van der Waals surface area contributed by atoms with Crippen molar-refractivity contribution in [3.05, 3.63) is 45.9 Å². The molecular formula is C17H23N3O4S. The van der Waals surface area contributed by atoms with Crippen molar-refractivity contribution >= 4 is 15.7 Å². The van der Waals surface area contributed by atoms with Crippen molar-refractivity contribution in [3.63, 3.8) is 0 Å². The molecule has 2 saturated heterocycles. The maximum Gasteiger partial charge on any atom is 0.260 e. The van der Waals surface area contributed by atoms with Crippen LogP contribution in [-0.4, -0.2) is 72.3 Å². The van der Waals surface area contributed by atoms with E-state index in [4.69, 9.17) is 0 Å². The van der Waals surface area contributed by atoms with Crippen LogP contribution in [0.15, 0.2) is 34.8 Å². The minimum Gasteiger partial charge on any atom is -0.332 e. The van der Waals surface area contributed by atoms with Crippen molar-refractivity contribution < 1.29 is 13.2 Å². The number of amides is 1. The fourth-order valence-corrected chi connectivity index (χ4v) is 5.56. The van der Waals surface area contributed by atoms with Crippen LogP contribution >= 0.6 is 0 Å². The van der Waals surface area contributed by atoms with Gasteiger partial charge in [-0.2, -0.15) is 0 Å². The molecule has 25 heavy (non-hydrogen) atoms. The number of piperazine rings is 1. The number of aromatic amines is 1. The zero-order valence-corrected chi connectivity index (χ0v) is 15.3. The number of nitrogens with one attached hydrogen (secondary N) is 1. The lowest BCUT2D eigenvalue weighted by molar-refractivity contribution is 0.0366. The van der Waals surface area contributed by atoms with Crippen LogP contribution in [0.3, 0.4) is 0 Å². The lowest BCUT2D eigenvalue weighted by Gasteiger charge is -2.43. The summed E-state index contributed by atoms with van der Waals surface area (Å²) in [6.45, 7) is 5.69. The molecule has 2 aliphatic rings. The highest BCUT2D eigenvalue weighted by molar-refractivity contribution is 7.91. The predicted molar refractivity (Wildman–Crippen MR) is 95.3 cm³/mol. The molecule has 1 aromatic heterocycles. The largest absolute Gasteiger partial charge is 0.332 e. The molecule has 2 atom stereocenters. The van der Waals surface area contributed by atoms with Crippen LogP contribution in [0.4, 0.5) is 0 Å². The van der Waals surface area contributed by atoms with Gasteiger partial charge in [0.25, 0.3) is 11.5 Å². The molecule has 136 valence electrons. The molecule has 0 unspecified atom stereocenters. The standard InChI is InChI=1S/C17H23N3O4S/c1-12(2)5-7-19-8-9-20(15-11-25(23,24)10-14(15)19)17(22)13-4-3-6-18-16(13)21/h3-6,14-15H,7-11H2,1-2H3,(H,18,21)/t14-,15+/m1/s1. The van der Waals surface area contributed by atoms with Crippen LogP contribution in [0, 0.1) is 0 Å². The molecule has 0 spiro atoms. The minimum absolute atomic E-state index is 0.0422. The number of nitrogens with zero attached hydrogens (tertiary/aromatic N) is 2. The van der Waals surface area contributed by atoms with Gasteiger partial charge in [-0.25, -0.2) is 8.42 Å². The topological polar surface area (TPSA) is 90.6 Å². The maximum atomic E-state index is 12.8. The van der Waals surface area contributed by atoms with E-state index in [9.17, 15) is 18.0 Å². The van der Waals surface area contributed by atoms with Gasteiger partial charge in [-0.05, 0) is 26.0 Å². The van der Waals surface area contributed by atoms with E-state index in [1.165, 1.54) is 17.8 Å². The Hall–Kier alpha value is -1.93. The summed E-state index contributed by atoms with van der Waals surface area (Å²) in [6.07, 6.45) is 3.54. The van der Waals surface area contributed by atoms with E-state index in [-0.39, 0.29) is 23.1 Å². The number of sulfone groups is 1. The normalized spacial score (nSPS) is 25.4. The van der Waals surface area contributed by atoms with Gasteiger partial charge < -0.3 is 9.88 Å². The smallest absolute Gasteiger partial charge is 0.260 e. The second-order valence-electron chi connectivity index (χ2n) is 6.90. The van der Waals surface area contributed by atoms with E-state index in [0.717, 1.165) is 0 Å². The van der Waals surface area contributed by atoms with E-state index in [1.54, 1.807) is 11.0 Å². The fourth-order valence-electron chi connectivity index (χ4n) is 3.55. The first-order valence-corrected chi connectivity index (χ1v) is 10.2. The second-order valence-corrected chi connectivity index (χ2v) is 9.05. The first-order chi connectivity index (χ1) is 11.8. The summed E-state index contributed by atoms with van der Waals surface area (Å²) < 4.78 is 24.4. The van der Waals surface area contributed by atoms with Crippen molar-refractivity contribution in [2.24, 2.45) is 0 Å². The zero-order valence-electron chi connectivity index (χ0n) is 14.4. The first kappa shape index (κ1) is 17.9. The molecule has 2 aliphatic heterocycles. The van der Waals surface area contributed by atoms with Gasteiger partial charge in [-0.1, -0.05) is 11.6 Å². The van der Waals surface area contributed by atoms with E-state index in [2.05, 4.69) is 16.0 Å². The third kappa shape index (κ3) is 3.69. The maximum absolute atomic E-state index is 12.8. The third-order valence-corrected chi connectivity index (χ3v) is 6.53. The van der Waals surface area contributed by atoms with E-state index < -0.39 is 27.3 Å². The van der Waals surface area contributed by atoms with Crippen LogP contribution in [0.5, 0.6) is 0 Å². The van der Waals surface area contributed by atoms with Gasteiger partial charge in [-0.15, -0.1) is 0 Å². The Kier molecular flexibility index (Phi) is 4.83. The Morgan fingerprint density at radius 3 is 2.68 bits per heavy atom. The minimum atomic E-state index is -3.20.